The fourth-order valence-corrected chi connectivity index (χ4v) is 3.84. The first-order valence-corrected chi connectivity index (χ1v) is 9.19. The Morgan fingerprint density at radius 3 is 2.52 bits per heavy atom. The molecule has 3 rings (SSSR count). The number of ether oxygens (including phenoxy) is 2. The smallest absolute Gasteiger partial charge is 0.335 e. The molecule has 166 valence electrons. The molecular weight excluding hydrogens is 418 g/mol. The number of alkyl halides is 1. The fourth-order valence-electron chi connectivity index (χ4n) is 3.84. The first kappa shape index (κ1) is 22.3. The maximum atomic E-state index is 16.2. The molecule has 1 aromatic carbocycles. The van der Waals surface area contributed by atoms with Crippen molar-refractivity contribution < 1.29 is 33.0 Å². The van der Waals surface area contributed by atoms with Crippen LogP contribution in [-0.2, 0) is 14.3 Å². The van der Waals surface area contributed by atoms with Gasteiger partial charge in [0.05, 0.1) is 11.8 Å². The van der Waals surface area contributed by atoms with Crippen LogP contribution >= 0.6 is 0 Å². The highest BCUT2D eigenvalue weighted by Crippen LogP contribution is 2.56. The Labute approximate surface area is 174 Å². The molecule has 4 atom stereocenters. The summed E-state index contributed by atoms with van der Waals surface area (Å²) < 4.78 is 41.7. The van der Waals surface area contributed by atoms with Gasteiger partial charge >= 0.3 is 17.6 Å². The van der Waals surface area contributed by atoms with Gasteiger partial charge in [-0.05, 0) is 38.0 Å². The van der Waals surface area contributed by atoms with Crippen molar-refractivity contribution in [3.63, 3.8) is 0 Å². The summed E-state index contributed by atoms with van der Waals surface area (Å²) in [5, 5.41) is 9.41. The van der Waals surface area contributed by atoms with Crippen LogP contribution in [0, 0.1) is 12.7 Å². The van der Waals surface area contributed by atoms with Crippen LogP contribution in [0.3, 0.4) is 0 Å². The number of hydrogen-bond acceptors (Lipinski definition) is 6. The number of carboxylic acid groups (broad SMARTS) is 1. The van der Waals surface area contributed by atoms with E-state index in [9.17, 15) is 28.7 Å². The molecule has 0 unspecified atom stereocenters. The molecule has 1 saturated heterocycles. The van der Waals surface area contributed by atoms with Gasteiger partial charge in [0.2, 0.25) is 5.82 Å². The summed E-state index contributed by atoms with van der Waals surface area (Å²) in [6.07, 6.45) is -2.67. The number of halogens is 2. The van der Waals surface area contributed by atoms with Gasteiger partial charge in [-0.2, -0.15) is 4.39 Å². The van der Waals surface area contributed by atoms with Crippen LogP contribution in [0.2, 0.25) is 0 Å². The highest BCUT2D eigenvalue weighted by Gasteiger charge is 2.67. The summed E-state index contributed by atoms with van der Waals surface area (Å²) in [6.45, 7) is 4.77. The van der Waals surface area contributed by atoms with Crippen molar-refractivity contribution in [1.29, 1.82) is 0 Å². The zero-order valence-electron chi connectivity index (χ0n) is 17.1. The van der Waals surface area contributed by atoms with Gasteiger partial charge in [0.15, 0.2) is 17.5 Å². The Kier molecular flexibility index (Phi) is 5.34. The van der Waals surface area contributed by atoms with Gasteiger partial charge in [-0.25, -0.2) is 14.0 Å². The molecule has 2 N–H and O–H groups in total. The van der Waals surface area contributed by atoms with E-state index in [1.165, 1.54) is 32.0 Å². The van der Waals surface area contributed by atoms with Crippen molar-refractivity contribution >= 4 is 11.9 Å². The average Bonchev–Trinajstić information content (AvgIpc) is 2.84. The molecule has 1 aliphatic heterocycles. The number of esters is 1. The maximum Gasteiger partial charge on any atom is 0.335 e. The van der Waals surface area contributed by atoms with Crippen LogP contribution in [0.5, 0.6) is 0 Å². The zero-order valence-corrected chi connectivity index (χ0v) is 17.1. The topological polar surface area (TPSA) is 128 Å². The molecule has 0 aliphatic carbocycles. The standard InChI is InChI=1S/C20H20F2N2O7/c1-9-11(6-5-7-12(9)16(27)28)14-20(4,31-10(2)25)19(3,22)17(30-14)24-8-13(21)15(26)23-18(24)29/h5-8,14,17H,1-4H3,(H,27,28)(H,23,26,29)/t14-,17-,19+,20+/m1/s1. The zero-order chi connectivity index (χ0) is 23.3. The number of H-pyrrole nitrogens is 1. The van der Waals surface area contributed by atoms with Gasteiger partial charge in [0.1, 0.15) is 6.10 Å². The van der Waals surface area contributed by atoms with Gasteiger partial charge in [0.25, 0.3) is 5.56 Å². The van der Waals surface area contributed by atoms with Crippen molar-refractivity contribution in [2.75, 3.05) is 0 Å². The first-order valence-electron chi connectivity index (χ1n) is 9.19. The van der Waals surface area contributed by atoms with Gasteiger partial charge < -0.3 is 14.6 Å². The van der Waals surface area contributed by atoms with Crippen LogP contribution < -0.4 is 11.2 Å². The van der Waals surface area contributed by atoms with Crippen LogP contribution in [-0.4, -0.2) is 37.9 Å². The molecule has 2 aromatic rings. The summed E-state index contributed by atoms with van der Waals surface area (Å²) in [4.78, 5) is 48.7. The van der Waals surface area contributed by atoms with Gasteiger partial charge in [-0.15, -0.1) is 0 Å². The molecule has 1 aliphatic rings. The summed E-state index contributed by atoms with van der Waals surface area (Å²) in [5.74, 6) is -3.43. The van der Waals surface area contributed by atoms with Crippen LogP contribution in [0.25, 0.3) is 0 Å². The number of hydrogen-bond donors (Lipinski definition) is 2. The second-order valence-corrected chi connectivity index (χ2v) is 7.61. The number of carbonyl (C=O) groups excluding carboxylic acids is 1. The molecule has 0 saturated carbocycles. The van der Waals surface area contributed by atoms with Gasteiger partial charge in [-0.3, -0.25) is 19.1 Å². The van der Waals surface area contributed by atoms with E-state index < -0.39 is 52.6 Å². The predicted molar refractivity (Wildman–Crippen MR) is 102 cm³/mol. The van der Waals surface area contributed by atoms with Crippen LogP contribution in [0.1, 0.15) is 54.6 Å². The minimum Gasteiger partial charge on any atom is -0.478 e. The molecule has 1 fully saturated rings. The van der Waals surface area contributed by atoms with E-state index in [0.29, 0.717) is 10.8 Å². The molecular formula is C20H20F2N2O7. The van der Waals surface area contributed by atoms with E-state index in [2.05, 4.69) is 0 Å². The van der Waals surface area contributed by atoms with Crippen LogP contribution in [0.15, 0.2) is 34.0 Å². The van der Waals surface area contributed by atoms with E-state index in [-0.39, 0.29) is 16.7 Å². The molecule has 11 heteroatoms. The minimum atomic E-state index is -2.61. The number of aromatic nitrogens is 2. The number of carbonyl (C=O) groups is 2. The number of benzene rings is 1. The number of nitrogens with one attached hydrogen (secondary N) is 1. The third kappa shape index (κ3) is 3.44. The largest absolute Gasteiger partial charge is 0.478 e. The van der Waals surface area contributed by atoms with Crippen molar-refractivity contribution in [3.05, 3.63) is 67.7 Å². The van der Waals surface area contributed by atoms with Gasteiger partial charge in [0, 0.05) is 6.92 Å². The molecule has 0 amide bonds. The third-order valence-electron chi connectivity index (χ3n) is 5.62. The molecule has 0 spiro atoms. The van der Waals surface area contributed by atoms with Crippen molar-refractivity contribution in [2.45, 2.75) is 51.3 Å². The maximum absolute atomic E-state index is 16.2. The lowest BCUT2D eigenvalue weighted by molar-refractivity contribution is -0.174. The summed E-state index contributed by atoms with van der Waals surface area (Å²) in [6, 6.07) is 4.23. The third-order valence-corrected chi connectivity index (χ3v) is 5.62. The molecule has 1 aromatic heterocycles. The first-order chi connectivity index (χ1) is 14.3. The lowest BCUT2D eigenvalue weighted by Gasteiger charge is -2.37. The highest BCUT2D eigenvalue weighted by atomic mass is 19.1. The van der Waals surface area contributed by atoms with E-state index in [4.69, 9.17) is 9.47 Å². The number of aromatic amines is 1. The van der Waals surface area contributed by atoms with E-state index in [0.717, 1.165) is 13.8 Å². The minimum absolute atomic E-state index is 0.0810. The van der Waals surface area contributed by atoms with Crippen LogP contribution in [0.4, 0.5) is 8.78 Å². The lowest BCUT2D eigenvalue weighted by Crippen LogP contribution is -2.52. The monoisotopic (exact) mass is 438 g/mol. The van der Waals surface area contributed by atoms with Gasteiger partial charge in [-0.1, -0.05) is 12.1 Å². The fraction of sp³-hybridized carbons (Fsp3) is 0.400. The number of aromatic carboxylic acids is 1. The van der Waals surface area contributed by atoms with E-state index in [1.54, 1.807) is 4.98 Å². The average molecular weight is 438 g/mol. The Balaban J connectivity index is 2.25. The SMILES string of the molecule is CC(=O)O[C@@]1(C)[C@@H](c2cccc(C(=O)O)c2C)O[C@@H](n2cc(F)c(=O)[nH]c2=O)[C@]1(C)F. The predicted octanol–water partition coefficient (Wildman–Crippen LogP) is 2.00. The second kappa shape index (κ2) is 7.41. The summed E-state index contributed by atoms with van der Waals surface area (Å²) >= 11 is 0. The molecule has 9 nitrogen and oxygen atoms in total. The number of nitrogens with zero attached hydrogens (tertiary/aromatic N) is 1. The number of carboxylic acids is 1. The Morgan fingerprint density at radius 1 is 1.29 bits per heavy atom. The van der Waals surface area contributed by atoms with Crippen molar-refractivity contribution in [3.8, 4) is 0 Å². The Bertz CT molecular complexity index is 1190. The molecule has 0 bridgehead atoms. The van der Waals surface area contributed by atoms with E-state index >= 15 is 4.39 Å². The molecule has 0 radical (unpaired) electrons. The molecule has 31 heavy (non-hydrogen) atoms. The lowest BCUT2D eigenvalue weighted by atomic mass is 9.80. The Morgan fingerprint density at radius 2 is 1.94 bits per heavy atom. The quantitative estimate of drug-likeness (QED) is 0.699. The van der Waals surface area contributed by atoms with Crippen molar-refractivity contribution in [1.82, 2.24) is 9.55 Å². The Hall–Kier alpha value is -3.34. The molecule has 2 heterocycles. The highest BCUT2D eigenvalue weighted by molar-refractivity contribution is 5.89. The second-order valence-electron chi connectivity index (χ2n) is 7.61. The summed E-state index contributed by atoms with van der Waals surface area (Å²) in [7, 11) is 0. The normalized spacial score (nSPS) is 27.8. The van der Waals surface area contributed by atoms with Crippen molar-refractivity contribution in [2.24, 2.45) is 0 Å². The summed E-state index contributed by atoms with van der Waals surface area (Å²) in [5.41, 5.74) is -6.72. The van der Waals surface area contributed by atoms with E-state index in [1.807, 2.05) is 0 Å². The number of rotatable bonds is 4.